The van der Waals surface area contributed by atoms with Crippen molar-refractivity contribution in [1.29, 1.82) is 0 Å². The summed E-state index contributed by atoms with van der Waals surface area (Å²) in [5.41, 5.74) is 0. The normalized spacial score (nSPS) is 21.7. The standard InChI is InChI=1S/C8H13NO2.Na/c1-2-4-7-5-3-6-9(7)8(10)11;/h2,7H,1,3-6H2,(H,10,11);/q;+1/p-1. The first-order chi connectivity index (χ1) is 5.25. The third kappa shape index (κ3) is 2.81. The van der Waals surface area contributed by atoms with Crippen LogP contribution >= 0.6 is 0 Å². The molecule has 1 fully saturated rings. The van der Waals surface area contributed by atoms with Gasteiger partial charge in [0.2, 0.25) is 0 Å². The number of amides is 1. The molecule has 0 aliphatic carbocycles. The molecule has 1 atom stereocenters. The van der Waals surface area contributed by atoms with E-state index in [-0.39, 0.29) is 35.6 Å². The smallest absolute Gasteiger partial charge is 0.530 e. The third-order valence-corrected chi connectivity index (χ3v) is 2.05. The van der Waals surface area contributed by atoms with Crippen LogP contribution in [0, 0.1) is 0 Å². The second-order valence-electron chi connectivity index (χ2n) is 2.78. The monoisotopic (exact) mass is 177 g/mol. The van der Waals surface area contributed by atoms with Crippen LogP contribution < -0.4 is 34.7 Å². The van der Waals surface area contributed by atoms with Gasteiger partial charge in [0.25, 0.3) is 0 Å². The average Bonchev–Trinajstić information content (AvgIpc) is 2.36. The minimum atomic E-state index is -1.05. The molecule has 3 nitrogen and oxygen atoms in total. The van der Waals surface area contributed by atoms with Gasteiger partial charge in [-0.2, -0.15) is 0 Å². The van der Waals surface area contributed by atoms with E-state index in [4.69, 9.17) is 0 Å². The summed E-state index contributed by atoms with van der Waals surface area (Å²) >= 11 is 0. The van der Waals surface area contributed by atoms with Crippen molar-refractivity contribution in [3.05, 3.63) is 12.7 Å². The van der Waals surface area contributed by atoms with Crippen LogP contribution in [-0.4, -0.2) is 23.6 Å². The average molecular weight is 177 g/mol. The molecule has 1 saturated heterocycles. The molecule has 0 aromatic carbocycles. The minimum absolute atomic E-state index is 0. The molecule has 0 spiro atoms. The van der Waals surface area contributed by atoms with Gasteiger partial charge in [0.1, 0.15) is 6.09 Å². The molecule has 1 aliphatic rings. The Labute approximate surface area is 94.7 Å². The number of likely N-dealkylation sites (tertiary alicyclic amines) is 1. The van der Waals surface area contributed by atoms with E-state index in [2.05, 4.69) is 6.58 Å². The molecule has 62 valence electrons. The van der Waals surface area contributed by atoms with Crippen molar-refractivity contribution < 1.29 is 39.5 Å². The van der Waals surface area contributed by atoms with Gasteiger partial charge in [0.05, 0.1) is 0 Å². The van der Waals surface area contributed by atoms with Gasteiger partial charge in [-0.05, 0) is 19.3 Å². The van der Waals surface area contributed by atoms with Gasteiger partial charge in [0.15, 0.2) is 0 Å². The number of carboxylic acid groups (broad SMARTS) is 1. The number of nitrogens with zero attached hydrogens (tertiary/aromatic N) is 1. The first-order valence-electron chi connectivity index (χ1n) is 3.84. The first-order valence-corrected chi connectivity index (χ1v) is 3.84. The molecule has 1 amide bonds. The maximum absolute atomic E-state index is 10.5. The van der Waals surface area contributed by atoms with E-state index in [9.17, 15) is 9.90 Å². The van der Waals surface area contributed by atoms with Crippen molar-refractivity contribution in [2.75, 3.05) is 6.54 Å². The quantitative estimate of drug-likeness (QED) is 0.342. The molecule has 12 heavy (non-hydrogen) atoms. The SMILES string of the molecule is C=CCC1CCCN1C(=O)[O-].[Na+]. The van der Waals surface area contributed by atoms with Crippen molar-refractivity contribution in [3.63, 3.8) is 0 Å². The Morgan fingerprint density at radius 2 is 2.42 bits per heavy atom. The molecule has 0 bridgehead atoms. The Morgan fingerprint density at radius 1 is 1.75 bits per heavy atom. The van der Waals surface area contributed by atoms with Crippen molar-refractivity contribution >= 4 is 6.09 Å². The predicted octanol–water partition coefficient (Wildman–Crippen LogP) is -2.63. The number of carbonyl (C=O) groups excluding carboxylic acids is 1. The van der Waals surface area contributed by atoms with Gasteiger partial charge in [-0.3, -0.25) is 0 Å². The second-order valence-corrected chi connectivity index (χ2v) is 2.78. The molecular weight excluding hydrogens is 165 g/mol. The van der Waals surface area contributed by atoms with Gasteiger partial charge in [-0.1, -0.05) is 6.08 Å². The van der Waals surface area contributed by atoms with Gasteiger partial charge >= 0.3 is 29.6 Å². The first kappa shape index (κ1) is 12.0. The zero-order valence-electron chi connectivity index (χ0n) is 7.45. The summed E-state index contributed by atoms with van der Waals surface area (Å²) in [4.78, 5) is 11.9. The zero-order valence-corrected chi connectivity index (χ0v) is 9.45. The van der Waals surface area contributed by atoms with Crippen LogP contribution in [0.1, 0.15) is 19.3 Å². The van der Waals surface area contributed by atoms with Crippen molar-refractivity contribution in [3.8, 4) is 0 Å². The number of rotatable bonds is 2. The minimum Gasteiger partial charge on any atom is -0.530 e. The second kappa shape index (κ2) is 5.62. The Kier molecular flexibility index (Phi) is 5.63. The van der Waals surface area contributed by atoms with Crippen molar-refractivity contribution in [2.24, 2.45) is 0 Å². The Bertz CT molecular complexity index is 172. The van der Waals surface area contributed by atoms with Crippen LogP contribution in [-0.2, 0) is 0 Å². The predicted molar refractivity (Wildman–Crippen MR) is 39.9 cm³/mol. The van der Waals surface area contributed by atoms with Gasteiger partial charge < -0.3 is 14.8 Å². The molecule has 1 unspecified atom stereocenters. The summed E-state index contributed by atoms with van der Waals surface area (Å²) in [6.07, 6.45) is 3.35. The third-order valence-electron chi connectivity index (χ3n) is 2.05. The summed E-state index contributed by atoms with van der Waals surface area (Å²) in [6, 6.07) is 0.123. The van der Waals surface area contributed by atoms with Crippen LogP contribution in [0.3, 0.4) is 0 Å². The fourth-order valence-electron chi connectivity index (χ4n) is 1.51. The Balaban J connectivity index is 0.00000121. The van der Waals surface area contributed by atoms with Crippen LogP contribution in [0.5, 0.6) is 0 Å². The van der Waals surface area contributed by atoms with E-state index in [1.165, 1.54) is 4.90 Å². The maximum Gasteiger partial charge on any atom is 1.00 e. The summed E-state index contributed by atoms with van der Waals surface area (Å²) < 4.78 is 0. The van der Waals surface area contributed by atoms with Crippen LogP contribution in [0.15, 0.2) is 12.7 Å². The molecule has 0 aromatic heterocycles. The van der Waals surface area contributed by atoms with E-state index in [1.54, 1.807) is 6.08 Å². The van der Waals surface area contributed by atoms with E-state index in [0.29, 0.717) is 6.54 Å². The summed E-state index contributed by atoms with van der Waals surface area (Å²) in [5, 5.41) is 10.5. The van der Waals surface area contributed by atoms with Crippen LogP contribution in [0.25, 0.3) is 0 Å². The molecule has 0 radical (unpaired) electrons. The molecular formula is C8H12NNaO2. The van der Waals surface area contributed by atoms with Gasteiger partial charge in [0, 0.05) is 12.6 Å². The topological polar surface area (TPSA) is 43.4 Å². The number of hydrogen-bond donors (Lipinski definition) is 0. The largest absolute Gasteiger partial charge is 1.00 e. The van der Waals surface area contributed by atoms with E-state index >= 15 is 0 Å². The Morgan fingerprint density at radius 3 is 2.92 bits per heavy atom. The summed E-state index contributed by atoms with van der Waals surface area (Å²) in [7, 11) is 0. The number of carbonyl (C=O) groups is 1. The molecule has 1 heterocycles. The van der Waals surface area contributed by atoms with E-state index in [0.717, 1.165) is 19.3 Å². The molecule has 1 aliphatic heterocycles. The van der Waals surface area contributed by atoms with Gasteiger partial charge in [-0.15, -0.1) is 6.58 Å². The molecule has 0 N–H and O–H groups in total. The van der Waals surface area contributed by atoms with Crippen molar-refractivity contribution in [2.45, 2.75) is 25.3 Å². The number of hydrogen-bond acceptors (Lipinski definition) is 2. The van der Waals surface area contributed by atoms with E-state index < -0.39 is 6.09 Å². The zero-order chi connectivity index (χ0) is 8.27. The maximum atomic E-state index is 10.5. The molecule has 1 rings (SSSR count). The van der Waals surface area contributed by atoms with Crippen LogP contribution in [0.4, 0.5) is 4.79 Å². The van der Waals surface area contributed by atoms with Crippen LogP contribution in [0.2, 0.25) is 0 Å². The molecule has 0 aromatic rings. The fourth-order valence-corrected chi connectivity index (χ4v) is 1.51. The summed E-state index contributed by atoms with van der Waals surface area (Å²) in [6.45, 7) is 4.20. The molecule has 0 saturated carbocycles. The van der Waals surface area contributed by atoms with E-state index in [1.807, 2.05) is 0 Å². The van der Waals surface area contributed by atoms with Gasteiger partial charge in [-0.25, -0.2) is 0 Å². The Hall–Kier alpha value is 0.0100. The molecule has 4 heteroatoms. The van der Waals surface area contributed by atoms with Crippen molar-refractivity contribution in [1.82, 2.24) is 4.90 Å². The summed E-state index contributed by atoms with van der Waals surface area (Å²) in [5.74, 6) is 0. The fraction of sp³-hybridized carbons (Fsp3) is 0.625.